The molecule has 0 saturated carbocycles. The third-order valence-corrected chi connectivity index (χ3v) is 6.61. The number of rotatable bonds is 7. The zero-order valence-electron chi connectivity index (χ0n) is 19.1. The molecule has 1 aromatic carbocycles. The monoisotopic (exact) mass is 465 g/mol. The number of esters is 1. The van der Waals surface area contributed by atoms with Crippen molar-refractivity contribution in [3.63, 3.8) is 0 Å². The number of piperidine rings is 1. The molecule has 0 spiro atoms. The minimum Gasteiger partial charge on any atom is -0.459 e. The molecule has 0 aromatic heterocycles. The lowest BCUT2D eigenvalue weighted by molar-refractivity contribution is -0.155. The van der Waals surface area contributed by atoms with Crippen molar-refractivity contribution in [2.75, 3.05) is 43.3 Å². The van der Waals surface area contributed by atoms with Crippen molar-refractivity contribution in [2.45, 2.75) is 45.6 Å². The van der Waals surface area contributed by atoms with E-state index in [-0.39, 0.29) is 17.7 Å². The summed E-state index contributed by atoms with van der Waals surface area (Å²) in [6.45, 7) is 7.31. The summed E-state index contributed by atoms with van der Waals surface area (Å²) in [6.07, 6.45) is 4.51. The smallest absolute Gasteiger partial charge is 0.326 e. The summed E-state index contributed by atoms with van der Waals surface area (Å²) in [5.74, 6) is -1.92. The summed E-state index contributed by atoms with van der Waals surface area (Å²) in [4.78, 5) is 40.7. The van der Waals surface area contributed by atoms with Crippen LogP contribution in [0.4, 0.5) is 5.69 Å². The number of likely N-dealkylation sites (tertiary alicyclic amines) is 1. The molecule has 2 heterocycles. The highest BCUT2D eigenvalue weighted by atomic mass is 32.2. The average Bonchev–Trinajstić information content (AvgIpc) is 2.91. The van der Waals surface area contributed by atoms with Crippen LogP contribution in [0.2, 0.25) is 0 Å². The van der Waals surface area contributed by atoms with Crippen LogP contribution >= 0.6 is 0 Å². The molecule has 9 nitrogen and oxygen atoms in total. The molecular formula is C22H31N3O6S. The highest BCUT2D eigenvalue weighted by molar-refractivity contribution is 7.92. The molecule has 0 aliphatic carbocycles. The van der Waals surface area contributed by atoms with Crippen LogP contribution in [0.1, 0.15) is 60.7 Å². The summed E-state index contributed by atoms with van der Waals surface area (Å²) >= 11 is 0. The Morgan fingerprint density at radius 3 is 2.28 bits per heavy atom. The Kier molecular flexibility index (Phi) is 6.94. The first-order valence-corrected chi connectivity index (χ1v) is 12.6. The first-order chi connectivity index (χ1) is 14.9. The molecule has 0 unspecified atom stereocenters. The van der Waals surface area contributed by atoms with Crippen molar-refractivity contribution in [1.29, 1.82) is 0 Å². The topological polar surface area (TPSA) is 104 Å². The fourth-order valence-corrected chi connectivity index (χ4v) is 4.89. The predicted octanol–water partition coefficient (Wildman–Crippen LogP) is 1.88. The van der Waals surface area contributed by atoms with Gasteiger partial charge >= 0.3 is 5.97 Å². The van der Waals surface area contributed by atoms with Gasteiger partial charge in [-0.1, -0.05) is 6.42 Å². The summed E-state index contributed by atoms with van der Waals surface area (Å²) in [7, 11) is -3.60. The van der Waals surface area contributed by atoms with Gasteiger partial charge in [0.2, 0.25) is 10.0 Å². The van der Waals surface area contributed by atoms with Crippen LogP contribution < -0.4 is 4.31 Å². The molecule has 3 rings (SSSR count). The third-order valence-electron chi connectivity index (χ3n) is 5.42. The van der Waals surface area contributed by atoms with Gasteiger partial charge in [-0.2, -0.15) is 0 Å². The van der Waals surface area contributed by atoms with Gasteiger partial charge in [-0.25, -0.2) is 8.42 Å². The van der Waals surface area contributed by atoms with Crippen molar-refractivity contribution in [3.05, 3.63) is 29.3 Å². The molecule has 1 fully saturated rings. The minimum absolute atomic E-state index is 0.0858. The van der Waals surface area contributed by atoms with Crippen LogP contribution in [0.3, 0.4) is 0 Å². The van der Waals surface area contributed by atoms with E-state index in [1.165, 1.54) is 28.9 Å². The second kappa shape index (κ2) is 9.19. The number of sulfonamides is 1. The largest absolute Gasteiger partial charge is 0.459 e. The number of carbonyl (C=O) groups excluding carboxylic acids is 3. The number of hydrogen-bond donors (Lipinski definition) is 0. The van der Waals surface area contributed by atoms with Crippen LogP contribution in [0.5, 0.6) is 0 Å². The molecule has 10 heteroatoms. The van der Waals surface area contributed by atoms with Crippen molar-refractivity contribution >= 4 is 33.5 Å². The standard InChI is InChI=1S/C22H31N3O6S/c1-22(2,3)31-19(26)15-24-20(27)17-9-8-16(14-18(17)21(24)28)25(32(4,29)30)13-12-23-10-6-5-7-11-23/h8-9,14H,5-7,10-13,15H2,1-4H3. The van der Waals surface area contributed by atoms with Gasteiger partial charge < -0.3 is 9.64 Å². The summed E-state index contributed by atoms with van der Waals surface area (Å²) in [6, 6.07) is 4.39. The molecule has 0 atom stereocenters. The van der Waals surface area contributed by atoms with Crippen molar-refractivity contribution < 1.29 is 27.5 Å². The van der Waals surface area contributed by atoms with E-state index in [0.29, 0.717) is 12.2 Å². The van der Waals surface area contributed by atoms with E-state index in [0.717, 1.165) is 37.1 Å². The second-order valence-corrected chi connectivity index (χ2v) is 11.2. The molecule has 1 aromatic rings. The van der Waals surface area contributed by atoms with Crippen molar-refractivity contribution in [1.82, 2.24) is 9.80 Å². The molecule has 0 N–H and O–H groups in total. The number of anilines is 1. The highest BCUT2D eigenvalue weighted by Crippen LogP contribution is 2.29. The first-order valence-electron chi connectivity index (χ1n) is 10.8. The predicted molar refractivity (Wildman–Crippen MR) is 120 cm³/mol. The first kappa shape index (κ1) is 24.2. The Bertz CT molecular complexity index is 1010. The highest BCUT2D eigenvalue weighted by Gasteiger charge is 2.38. The lowest BCUT2D eigenvalue weighted by atomic mass is 10.1. The molecule has 0 bridgehead atoms. The normalized spacial score (nSPS) is 17.4. The van der Waals surface area contributed by atoms with Crippen molar-refractivity contribution in [2.24, 2.45) is 0 Å². The summed E-state index contributed by atoms with van der Waals surface area (Å²) in [5, 5.41) is 0. The maximum Gasteiger partial charge on any atom is 0.326 e. The van der Waals surface area contributed by atoms with Crippen molar-refractivity contribution in [3.8, 4) is 0 Å². The zero-order valence-corrected chi connectivity index (χ0v) is 19.9. The van der Waals surface area contributed by atoms with E-state index in [4.69, 9.17) is 4.74 Å². The lowest BCUT2D eigenvalue weighted by Crippen LogP contribution is -2.40. The number of imide groups is 1. The van der Waals surface area contributed by atoms with E-state index in [9.17, 15) is 22.8 Å². The van der Waals surface area contributed by atoms with Gasteiger partial charge in [0.25, 0.3) is 11.8 Å². The second-order valence-electron chi connectivity index (χ2n) is 9.25. The number of amides is 2. The Hall–Kier alpha value is -2.46. The van der Waals surface area contributed by atoms with Gasteiger partial charge in [-0.05, 0) is 64.9 Å². The van der Waals surface area contributed by atoms with Gasteiger partial charge in [0, 0.05) is 13.1 Å². The molecular weight excluding hydrogens is 434 g/mol. The van der Waals surface area contributed by atoms with Gasteiger partial charge in [-0.15, -0.1) is 0 Å². The quantitative estimate of drug-likeness (QED) is 0.447. The van der Waals surface area contributed by atoms with E-state index >= 15 is 0 Å². The van der Waals surface area contributed by atoms with Crippen LogP contribution in [0.25, 0.3) is 0 Å². The third kappa shape index (κ3) is 5.66. The van der Waals surface area contributed by atoms with E-state index in [2.05, 4.69) is 4.90 Å². The SMILES string of the molecule is CC(C)(C)OC(=O)CN1C(=O)c2ccc(N(CCN3CCCCC3)S(C)(=O)=O)cc2C1=O. The minimum atomic E-state index is -3.60. The Morgan fingerprint density at radius 2 is 1.69 bits per heavy atom. The van der Waals surface area contributed by atoms with Gasteiger partial charge in [0.1, 0.15) is 12.1 Å². The summed E-state index contributed by atoms with van der Waals surface area (Å²) in [5.41, 5.74) is -0.189. The number of nitrogens with zero attached hydrogens (tertiary/aromatic N) is 3. The van der Waals surface area contributed by atoms with E-state index in [1.807, 2.05) is 0 Å². The maximum absolute atomic E-state index is 12.9. The lowest BCUT2D eigenvalue weighted by Gasteiger charge is -2.30. The maximum atomic E-state index is 12.9. The van der Waals surface area contributed by atoms with Crippen LogP contribution in [0.15, 0.2) is 18.2 Å². The number of benzene rings is 1. The fraction of sp³-hybridized carbons (Fsp3) is 0.591. The molecule has 32 heavy (non-hydrogen) atoms. The van der Waals surface area contributed by atoms with Gasteiger partial charge in [-0.3, -0.25) is 23.6 Å². The number of ether oxygens (including phenoxy) is 1. The zero-order chi connectivity index (χ0) is 23.7. The Labute approximate surface area is 189 Å². The van der Waals surface area contributed by atoms with E-state index in [1.54, 1.807) is 20.8 Å². The molecule has 176 valence electrons. The fourth-order valence-electron chi connectivity index (χ4n) is 3.98. The molecule has 2 aliphatic rings. The average molecular weight is 466 g/mol. The summed E-state index contributed by atoms with van der Waals surface area (Å²) < 4.78 is 31.4. The Morgan fingerprint density at radius 1 is 1.06 bits per heavy atom. The number of hydrogen-bond acceptors (Lipinski definition) is 7. The number of carbonyl (C=O) groups is 3. The molecule has 2 amide bonds. The van der Waals surface area contributed by atoms with Gasteiger partial charge in [0.05, 0.1) is 23.1 Å². The molecule has 0 radical (unpaired) electrons. The molecule has 2 aliphatic heterocycles. The van der Waals surface area contributed by atoms with E-state index < -0.39 is 40.0 Å². The Balaban J connectivity index is 1.79. The number of fused-ring (bicyclic) bond motifs is 1. The van der Waals surface area contributed by atoms with Crippen LogP contribution in [-0.2, 0) is 19.6 Å². The van der Waals surface area contributed by atoms with Gasteiger partial charge in [0.15, 0.2) is 0 Å². The molecule has 1 saturated heterocycles. The van der Waals surface area contributed by atoms with Crippen LogP contribution in [-0.4, -0.2) is 80.6 Å². The van der Waals surface area contributed by atoms with Crippen LogP contribution in [0, 0.1) is 0 Å².